The number of esters is 1. The largest absolute Gasteiger partial charge is 0.492 e. The van der Waals surface area contributed by atoms with Crippen molar-refractivity contribution in [3.8, 4) is 5.75 Å². The Balaban J connectivity index is 1.79. The summed E-state index contributed by atoms with van der Waals surface area (Å²) in [4.78, 5) is 16.5. The van der Waals surface area contributed by atoms with E-state index in [1.165, 1.54) is 13.1 Å². The molecule has 0 radical (unpaired) electrons. The Morgan fingerprint density at radius 1 is 1.07 bits per heavy atom. The summed E-state index contributed by atoms with van der Waals surface area (Å²) in [6, 6.07) is 15.6. The van der Waals surface area contributed by atoms with Gasteiger partial charge in [-0.2, -0.15) is 4.31 Å². The second-order valence-electron chi connectivity index (χ2n) is 6.30. The SMILES string of the molecule is CCOc1ccc(S(=O)(=O)N(C)CC(=O)OCc2ccccc2)c2cccnc12. The van der Waals surface area contributed by atoms with Crippen molar-refractivity contribution in [2.75, 3.05) is 20.2 Å². The van der Waals surface area contributed by atoms with Crippen LogP contribution < -0.4 is 4.74 Å². The van der Waals surface area contributed by atoms with Gasteiger partial charge >= 0.3 is 5.97 Å². The molecule has 2 aromatic carbocycles. The molecule has 0 atom stereocenters. The predicted octanol–water partition coefficient (Wildman–Crippen LogP) is 3.00. The molecule has 0 amide bonds. The molecule has 152 valence electrons. The fourth-order valence-electron chi connectivity index (χ4n) is 2.84. The van der Waals surface area contributed by atoms with Crippen LogP contribution in [0.15, 0.2) is 65.7 Å². The smallest absolute Gasteiger partial charge is 0.321 e. The number of likely N-dealkylation sites (N-methyl/N-ethyl adjacent to an activating group) is 1. The van der Waals surface area contributed by atoms with Crippen LogP contribution in [-0.4, -0.2) is 43.9 Å². The molecule has 0 unspecified atom stereocenters. The first-order chi connectivity index (χ1) is 13.9. The van der Waals surface area contributed by atoms with Crippen LogP contribution >= 0.6 is 0 Å². The van der Waals surface area contributed by atoms with Gasteiger partial charge in [0, 0.05) is 18.6 Å². The van der Waals surface area contributed by atoms with E-state index in [0.717, 1.165) is 9.87 Å². The third-order valence-electron chi connectivity index (χ3n) is 4.28. The zero-order chi connectivity index (χ0) is 20.9. The molecule has 0 fully saturated rings. The summed E-state index contributed by atoms with van der Waals surface area (Å²) in [5.74, 6) is -0.125. The third-order valence-corrected chi connectivity index (χ3v) is 6.14. The van der Waals surface area contributed by atoms with Crippen LogP contribution in [0.25, 0.3) is 10.9 Å². The molecule has 3 rings (SSSR count). The lowest BCUT2D eigenvalue weighted by Crippen LogP contribution is -2.33. The van der Waals surface area contributed by atoms with Crippen molar-refractivity contribution in [1.29, 1.82) is 0 Å². The highest BCUT2D eigenvalue weighted by molar-refractivity contribution is 7.89. The standard InChI is InChI=1S/C21H22N2O5S/c1-3-27-18-11-12-19(17-10-7-13-22-21(17)18)29(25,26)23(2)14-20(24)28-15-16-8-5-4-6-9-16/h4-13H,3,14-15H2,1-2H3. The molecule has 1 aromatic heterocycles. The van der Waals surface area contributed by atoms with E-state index in [-0.39, 0.29) is 11.5 Å². The number of rotatable bonds is 8. The Morgan fingerprint density at radius 3 is 2.55 bits per heavy atom. The molecule has 29 heavy (non-hydrogen) atoms. The summed E-state index contributed by atoms with van der Waals surface area (Å²) in [5.41, 5.74) is 1.28. The van der Waals surface area contributed by atoms with E-state index in [4.69, 9.17) is 9.47 Å². The van der Waals surface area contributed by atoms with E-state index >= 15 is 0 Å². The number of carbonyl (C=O) groups excluding carboxylic acids is 1. The topological polar surface area (TPSA) is 85.8 Å². The van der Waals surface area contributed by atoms with Gasteiger partial charge < -0.3 is 9.47 Å². The van der Waals surface area contributed by atoms with Crippen LogP contribution in [-0.2, 0) is 26.2 Å². The highest BCUT2D eigenvalue weighted by Crippen LogP contribution is 2.30. The van der Waals surface area contributed by atoms with Gasteiger partial charge in [-0.05, 0) is 36.8 Å². The average Bonchev–Trinajstić information content (AvgIpc) is 2.73. The molecule has 1 heterocycles. The van der Waals surface area contributed by atoms with Crippen LogP contribution in [0.4, 0.5) is 0 Å². The number of hydrogen-bond donors (Lipinski definition) is 0. The Kier molecular flexibility index (Phi) is 6.46. The van der Waals surface area contributed by atoms with Crippen LogP contribution in [0.1, 0.15) is 12.5 Å². The van der Waals surface area contributed by atoms with Gasteiger partial charge in [0.1, 0.15) is 24.4 Å². The van der Waals surface area contributed by atoms with Gasteiger partial charge in [0.2, 0.25) is 10.0 Å². The maximum absolute atomic E-state index is 13.1. The van der Waals surface area contributed by atoms with Gasteiger partial charge in [-0.3, -0.25) is 9.78 Å². The van der Waals surface area contributed by atoms with E-state index in [1.807, 2.05) is 37.3 Å². The Labute approximate surface area is 169 Å². The normalized spacial score (nSPS) is 11.6. The Morgan fingerprint density at radius 2 is 1.83 bits per heavy atom. The summed E-state index contributed by atoms with van der Waals surface area (Å²) in [7, 11) is -2.59. The second-order valence-corrected chi connectivity index (χ2v) is 8.32. The lowest BCUT2D eigenvalue weighted by atomic mass is 10.2. The van der Waals surface area contributed by atoms with Crippen molar-refractivity contribution in [3.05, 3.63) is 66.4 Å². The summed E-state index contributed by atoms with van der Waals surface area (Å²) in [5, 5.41) is 0.433. The minimum Gasteiger partial charge on any atom is -0.492 e. The minimum absolute atomic E-state index is 0.0578. The van der Waals surface area contributed by atoms with E-state index in [2.05, 4.69) is 4.98 Å². The molecule has 0 N–H and O–H groups in total. The molecule has 0 aliphatic carbocycles. The van der Waals surface area contributed by atoms with Gasteiger partial charge in [0.05, 0.1) is 11.5 Å². The summed E-state index contributed by atoms with van der Waals surface area (Å²) in [6.45, 7) is 1.97. The Bertz CT molecular complexity index is 1100. The first-order valence-electron chi connectivity index (χ1n) is 9.10. The van der Waals surface area contributed by atoms with Gasteiger partial charge in [-0.15, -0.1) is 0 Å². The number of fused-ring (bicyclic) bond motifs is 1. The first-order valence-corrected chi connectivity index (χ1v) is 10.5. The summed E-state index contributed by atoms with van der Waals surface area (Å²) < 4.78 is 37.9. The molecule has 0 saturated heterocycles. The molecule has 0 bridgehead atoms. The van der Waals surface area contributed by atoms with Crippen molar-refractivity contribution in [3.63, 3.8) is 0 Å². The number of nitrogens with zero attached hydrogens (tertiary/aromatic N) is 2. The minimum atomic E-state index is -3.94. The quantitative estimate of drug-likeness (QED) is 0.527. The van der Waals surface area contributed by atoms with E-state index < -0.39 is 22.5 Å². The van der Waals surface area contributed by atoms with E-state index in [9.17, 15) is 13.2 Å². The number of carbonyl (C=O) groups is 1. The Hall–Kier alpha value is -2.97. The molecular weight excluding hydrogens is 392 g/mol. The molecule has 7 nitrogen and oxygen atoms in total. The highest BCUT2D eigenvalue weighted by atomic mass is 32.2. The molecule has 3 aromatic rings. The van der Waals surface area contributed by atoms with Crippen molar-refractivity contribution in [2.45, 2.75) is 18.4 Å². The second kappa shape index (κ2) is 9.02. The number of hydrogen-bond acceptors (Lipinski definition) is 6. The lowest BCUT2D eigenvalue weighted by Gasteiger charge is -2.18. The van der Waals surface area contributed by atoms with Crippen LogP contribution in [0.2, 0.25) is 0 Å². The highest BCUT2D eigenvalue weighted by Gasteiger charge is 2.26. The zero-order valence-electron chi connectivity index (χ0n) is 16.2. The number of ether oxygens (including phenoxy) is 2. The van der Waals surface area contributed by atoms with Crippen molar-refractivity contribution >= 4 is 26.9 Å². The predicted molar refractivity (Wildman–Crippen MR) is 109 cm³/mol. The number of benzene rings is 2. The molecule has 0 spiro atoms. The molecule has 8 heteroatoms. The van der Waals surface area contributed by atoms with Crippen molar-refractivity contribution in [1.82, 2.24) is 9.29 Å². The van der Waals surface area contributed by atoms with Gasteiger partial charge in [-0.1, -0.05) is 30.3 Å². The van der Waals surface area contributed by atoms with Gasteiger partial charge in [0.15, 0.2) is 0 Å². The number of aromatic nitrogens is 1. The molecule has 0 aliphatic rings. The summed E-state index contributed by atoms with van der Waals surface area (Å²) in [6.07, 6.45) is 1.58. The van der Waals surface area contributed by atoms with Crippen LogP contribution in [0.3, 0.4) is 0 Å². The molecular formula is C21H22N2O5S. The molecule has 0 aliphatic heterocycles. The average molecular weight is 414 g/mol. The monoisotopic (exact) mass is 414 g/mol. The number of sulfonamides is 1. The maximum Gasteiger partial charge on any atom is 0.321 e. The van der Waals surface area contributed by atoms with Gasteiger partial charge in [0.25, 0.3) is 0 Å². The zero-order valence-corrected chi connectivity index (χ0v) is 17.1. The summed E-state index contributed by atoms with van der Waals surface area (Å²) >= 11 is 0. The van der Waals surface area contributed by atoms with E-state index in [0.29, 0.717) is 23.3 Å². The van der Waals surface area contributed by atoms with Gasteiger partial charge in [-0.25, -0.2) is 8.42 Å². The first kappa shape index (κ1) is 20.8. The van der Waals surface area contributed by atoms with Crippen molar-refractivity contribution < 1.29 is 22.7 Å². The lowest BCUT2D eigenvalue weighted by molar-refractivity contribution is -0.144. The van der Waals surface area contributed by atoms with Crippen LogP contribution in [0, 0.1) is 0 Å². The number of pyridine rings is 1. The van der Waals surface area contributed by atoms with Crippen LogP contribution in [0.5, 0.6) is 5.75 Å². The third kappa shape index (κ3) is 4.72. The fourth-order valence-corrected chi connectivity index (χ4v) is 4.13. The fraction of sp³-hybridized carbons (Fsp3) is 0.238. The van der Waals surface area contributed by atoms with E-state index in [1.54, 1.807) is 24.4 Å². The molecule has 0 saturated carbocycles. The van der Waals surface area contributed by atoms with Crippen molar-refractivity contribution in [2.24, 2.45) is 0 Å². The maximum atomic E-state index is 13.1.